The average molecular weight is 279 g/mol. The lowest BCUT2D eigenvalue weighted by Gasteiger charge is -2.07. The lowest BCUT2D eigenvalue weighted by molar-refractivity contribution is 0.102. The SMILES string of the molecule is Cc1cc(NC(=O)c2ccc3nccnc3c2)ncc1N. The number of hydrogen-bond donors (Lipinski definition) is 2. The number of nitrogens with zero attached hydrogens (tertiary/aromatic N) is 3. The second-order valence-corrected chi connectivity index (χ2v) is 4.64. The van der Waals surface area contributed by atoms with Gasteiger partial charge in [-0.15, -0.1) is 0 Å². The first-order chi connectivity index (χ1) is 10.1. The van der Waals surface area contributed by atoms with Crippen molar-refractivity contribution in [2.24, 2.45) is 0 Å². The van der Waals surface area contributed by atoms with E-state index in [1.807, 2.05) is 6.92 Å². The summed E-state index contributed by atoms with van der Waals surface area (Å²) in [5, 5.41) is 2.74. The number of rotatable bonds is 2. The summed E-state index contributed by atoms with van der Waals surface area (Å²) in [5.41, 5.74) is 9.08. The molecule has 1 amide bonds. The average Bonchev–Trinajstić information content (AvgIpc) is 2.50. The number of nitrogen functional groups attached to an aromatic ring is 1. The van der Waals surface area contributed by atoms with Gasteiger partial charge < -0.3 is 11.1 Å². The predicted octanol–water partition coefficient (Wildman–Crippen LogP) is 2.17. The van der Waals surface area contributed by atoms with E-state index in [0.29, 0.717) is 22.6 Å². The Kier molecular flexibility index (Phi) is 3.19. The topological polar surface area (TPSA) is 93.8 Å². The van der Waals surface area contributed by atoms with E-state index < -0.39 is 0 Å². The summed E-state index contributed by atoms with van der Waals surface area (Å²) in [6, 6.07) is 6.89. The van der Waals surface area contributed by atoms with Crippen LogP contribution in [0, 0.1) is 6.92 Å². The van der Waals surface area contributed by atoms with E-state index in [0.717, 1.165) is 11.1 Å². The Bertz CT molecular complexity index is 831. The van der Waals surface area contributed by atoms with Crippen molar-refractivity contribution in [3.05, 3.63) is 54.0 Å². The number of carbonyl (C=O) groups is 1. The summed E-state index contributed by atoms with van der Waals surface area (Å²) in [6.07, 6.45) is 4.73. The predicted molar refractivity (Wildman–Crippen MR) is 80.9 cm³/mol. The highest BCUT2D eigenvalue weighted by Crippen LogP contribution is 2.15. The molecule has 0 atom stereocenters. The summed E-state index contributed by atoms with van der Waals surface area (Å²) < 4.78 is 0. The molecule has 0 unspecified atom stereocenters. The van der Waals surface area contributed by atoms with Crippen LogP contribution in [0.4, 0.5) is 11.5 Å². The monoisotopic (exact) mass is 279 g/mol. The summed E-state index contributed by atoms with van der Waals surface area (Å²) >= 11 is 0. The fourth-order valence-electron chi connectivity index (χ4n) is 1.93. The van der Waals surface area contributed by atoms with Crippen molar-refractivity contribution < 1.29 is 4.79 Å². The van der Waals surface area contributed by atoms with Gasteiger partial charge in [0.25, 0.3) is 5.91 Å². The zero-order valence-corrected chi connectivity index (χ0v) is 11.4. The number of aryl methyl sites for hydroxylation is 1. The first-order valence-electron chi connectivity index (χ1n) is 6.38. The molecule has 2 aromatic heterocycles. The summed E-state index contributed by atoms with van der Waals surface area (Å²) in [7, 11) is 0. The van der Waals surface area contributed by atoms with Gasteiger partial charge in [0.05, 0.1) is 22.9 Å². The number of benzene rings is 1. The van der Waals surface area contributed by atoms with Crippen LogP contribution in [0.5, 0.6) is 0 Å². The number of carbonyl (C=O) groups excluding carboxylic acids is 1. The van der Waals surface area contributed by atoms with Gasteiger partial charge >= 0.3 is 0 Å². The molecule has 0 bridgehead atoms. The molecule has 104 valence electrons. The van der Waals surface area contributed by atoms with Crippen LogP contribution in [0.15, 0.2) is 42.9 Å². The minimum Gasteiger partial charge on any atom is -0.397 e. The van der Waals surface area contributed by atoms with E-state index in [4.69, 9.17) is 5.73 Å². The zero-order chi connectivity index (χ0) is 14.8. The Balaban J connectivity index is 1.87. The fraction of sp³-hybridized carbons (Fsp3) is 0.0667. The number of hydrogen-bond acceptors (Lipinski definition) is 5. The van der Waals surface area contributed by atoms with Gasteiger partial charge in [-0.3, -0.25) is 14.8 Å². The van der Waals surface area contributed by atoms with Crippen LogP contribution < -0.4 is 11.1 Å². The smallest absolute Gasteiger partial charge is 0.256 e. The molecule has 6 heteroatoms. The Labute approximate surface area is 121 Å². The Hall–Kier alpha value is -3.02. The number of nitrogens with two attached hydrogens (primary N) is 1. The van der Waals surface area contributed by atoms with Crippen LogP contribution in [0.3, 0.4) is 0 Å². The first kappa shape index (κ1) is 13.0. The van der Waals surface area contributed by atoms with Crippen LogP contribution in [-0.2, 0) is 0 Å². The van der Waals surface area contributed by atoms with Crippen molar-refractivity contribution in [3.63, 3.8) is 0 Å². The Morgan fingerprint density at radius 2 is 1.86 bits per heavy atom. The molecular formula is C15H13N5O. The molecule has 3 rings (SSSR count). The minimum absolute atomic E-state index is 0.251. The molecular weight excluding hydrogens is 266 g/mol. The van der Waals surface area contributed by atoms with Gasteiger partial charge in [-0.05, 0) is 36.8 Å². The Morgan fingerprint density at radius 3 is 2.62 bits per heavy atom. The summed E-state index contributed by atoms with van der Waals surface area (Å²) in [4.78, 5) is 24.7. The van der Waals surface area contributed by atoms with Crippen LogP contribution in [0.2, 0.25) is 0 Å². The molecule has 1 aromatic carbocycles. The lowest BCUT2D eigenvalue weighted by Crippen LogP contribution is -2.13. The number of anilines is 2. The number of amides is 1. The minimum atomic E-state index is -0.251. The van der Waals surface area contributed by atoms with Gasteiger partial charge in [0, 0.05) is 18.0 Å². The maximum absolute atomic E-state index is 12.2. The molecule has 0 saturated carbocycles. The molecule has 0 saturated heterocycles. The van der Waals surface area contributed by atoms with Crippen LogP contribution in [0.1, 0.15) is 15.9 Å². The molecule has 0 fully saturated rings. The quantitative estimate of drug-likeness (QED) is 0.749. The van der Waals surface area contributed by atoms with E-state index in [1.54, 1.807) is 36.7 Å². The van der Waals surface area contributed by atoms with E-state index >= 15 is 0 Å². The van der Waals surface area contributed by atoms with E-state index in [9.17, 15) is 4.79 Å². The van der Waals surface area contributed by atoms with E-state index in [2.05, 4.69) is 20.3 Å². The molecule has 0 aliphatic rings. The molecule has 2 heterocycles. The van der Waals surface area contributed by atoms with Crippen molar-refractivity contribution in [2.75, 3.05) is 11.1 Å². The van der Waals surface area contributed by atoms with Gasteiger partial charge in [-0.2, -0.15) is 0 Å². The van der Waals surface area contributed by atoms with Gasteiger partial charge in [0.15, 0.2) is 0 Å². The number of fused-ring (bicyclic) bond motifs is 1. The molecule has 0 spiro atoms. The van der Waals surface area contributed by atoms with E-state index in [-0.39, 0.29) is 5.91 Å². The number of pyridine rings is 1. The third kappa shape index (κ3) is 2.64. The number of aromatic nitrogens is 3. The molecule has 3 N–H and O–H groups in total. The zero-order valence-electron chi connectivity index (χ0n) is 11.4. The van der Waals surface area contributed by atoms with Gasteiger partial charge in [-0.25, -0.2) is 4.98 Å². The third-order valence-electron chi connectivity index (χ3n) is 3.12. The van der Waals surface area contributed by atoms with Gasteiger partial charge in [0.2, 0.25) is 0 Å². The highest BCUT2D eigenvalue weighted by atomic mass is 16.1. The Morgan fingerprint density at radius 1 is 1.10 bits per heavy atom. The third-order valence-corrected chi connectivity index (χ3v) is 3.12. The van der Waals surface area contributed by atoms with Crippen molar-refractivity contribution >= 4 is 28.4 Å². The van der Waals surface area contributed by atoms with E-state index in [1.165, 1.54) is 6.20 Å². The summed E-state index contributed by atoms with van der Waals surface area (Å²) in [5.74, 6) is 0.213. The van der Waals surface area contributed by atoms with Crippen LogP contribution >= 0.6 is 0 Å². The number of nitrogens with one attached hydrogen (secondary N) is 1. The van der Waals surface area contributed by atoms with Crippen molar-refractivity contribution in [2.45, 2.75) is 6.92 Å². The molecule has 6 nitrogen and oxygen atoms in total. The highest BCUT2D eigenvalue weighted by molar-refractivity contribution is 6.05. The normalized spacial score (nSPS) is 10.5. The van der Waals surface area contributed by atoms with Crippen LogP contribution in [-0.4, -0.2) is 20.9 Å². The standard InChI is InChI=1S/C15H13N5O/c1-9-6-14(19-8-11(9)16)20-15(21)10-2-3-12-13(7-10)18-5-4-17-12/h2-8H,16H2,1H3,(H,19,20,21). The highest BCUT2D eigenvalue weighted by Gasteiger charge is 2.09. The fourth-order valence-corrected chi connectivity index (χ4v) is 1.93. The molecule has 0 aliphatic carbocycles. The van der Waals surface area contributed by atoms with Gasteiger partial charge in [0.1, 0.15) is 5.82 Å². The molecule has 0 radical (unpaired) electrons. The van der Waals surface area contributed by atoms with Crippen molar-refractivity contribution in [1.82, 2.24) is 15.0 Å². The van der Waals surface area contributed by atoms with Crippen LogP contribution in [0.25, 0.3) is 11.0 Å². The summed E-state index contributed by atoms with van der Waals surface area (Å²) in [6.45, 7) is 1.86. The molecule has 21 heavy (non-hydrogen) atoms. The second kappa shape index (κ2) is 5.16. The molecule has 3 aromatic rings. The lowest BCUT2D eigenvalue weighted by atomic mass is 10.2. The first-order valence-corrected chi connectivity index (χ1v) is 6.38. The maximum Gasteiger partial charge on any atom is 0.256 e. The second-order valence-electron chi connectivity index (χ2n) is 4.64. The van der Waals surface area contributed by atoms with Crippen molar-refractivity contribution in [3.8, 4) is 0 Å². The molecule has 0 aliphatic heterocycles. The van der Waals surface area contributed by atoms with Gasteiger partial charge in [-0.1, -0.05) is 0 Å². The van der Waals surface area contributed by atoms with Crippen molar-refractivity contribution in [1.29, 1.82) is 0 Å². The largest absolute Gasteiger partial charge is 0.397 e. The maximum atomic E-state index is 12.2.